The lowest BCUT2D eigenvalue weighted by atomic mass is 10.1. The second-order valence-corrected chi connectivity index (χ2v) is 5.69. The molecule has 0 saturated carbocycles. The highest BCUT2D eigenvalue weighted by atomic mass is 16.5. The first-order valence-corrected chi connectivity index (χ1v) is 7.48. The van der Waals surface area contributed by atoms with Crippen molar-refractivity contribution in [2.24, 2.45) is 7.05 Å². The zero-order chi connectivity index (χ0) is 16.3. The molecule has 1 aliphatic rings. The SMILES string of the molecule is Cc1nn(C)c(C)c1CCC(=O)N1CCOCC1CC(=O)O. The Hall–Kier alpha value is -1.89. The minimum Gasteiger partial charge on any atom is -0.481 e. The zero-order valence-electron chi connectivity index (χ0n) is 13.3. The lowest BCUT2D eigenvalue weighted by Crippen LogP contribution is -2.49. The summed E-state index contributed by atoms with van der Waals surface area (Å²) in [6, 6.07) is -0.366. The Morgan fingerprint density at radius 3 is 2.73 bits per heavy atom. The van der Waals surface area contributed by atoms with E-state index in [1.807, 2.05) is 25.6 Å². The van der Waals surface area contributed by atoms with Gasteiger partial charge >= 0.3 is 5.97 Å². The third kappa shape index (κ3) is 3.65. The molecule has 1 aliphatic heterocycles. The average molecular weight is 309 g/mol. The number of hydrogen-bond donors (Lipinski definition) is 1. The molecule has 0 bridgehead atoms. The van der Waals surface area contributed by atoms with Crippen LogP contribution in [0.25, 0.3) is 0 Å². The van der Waals surface area contributed by atoms with E-state index in [2.05, 4.69) is 5.10 Å². The van der Waals surface area contributed by atoms with Gasteiger partial charge in [0.15, 0.2) is 0 Å². The van der Waals surface area contributed by atoms with Crippen LogP contribution in [0.4, 0.5) is 0 Å². The standard InChI is InChI=1S/C15H23N3O4/c1-10-13(11(2)17(3)16-10)4-5-14(19)18-6-7-22-9-12(18)8-15(20)21/h12H,4-9H2,1-3H3,(H,20,21). The van der Waals surface area contributed by atoms with Crippen molar-refractivity contribution in [2.45, 2.75) is 39.2 Å². The summed E-state index contributed by atoms with van der Waals surface area (Å²) in [6.07, 6.45) is 0.918. The van der Waals surface area contributed by atoms with Crippen molar-refractivity contribution in [3.05, 3.63) is 17.0 Å². The zero-order valence-corrected chi connectivity index (χ0v) is 13.3. The number of carboxylic acid groups (broad SMARTS) is 1. The third-order valence-corrected chi connectivity index (χ3v) is 4.21. The van der Waals surface area contributed by atoms with Crippen LogP contribution in [0.5, 0.6) is 0 Å². The summed E-state index contributed by atoms with van der Waals surface area (Å²) < 4.78 is 7.11. The van der Waals surface area contributed by atoms with Gasteiger partial charge in [0.1, 0.15) is 0 Å². The van der Waals surface area contributed by atoms with Gasteiger partial charge in [-0.15, -0.1) is 0 Å². The monoisotopic (exact) mass is 309 g/mol. The Kier molecular flexibility index (Phi) is 5.18. The summed E-state index contributed by atoms with van der Waals surface area (Å²) >= 11 is 0. The van der Waals surface area contributed by atoms with E-state index in [4.69, 9.17) is 9.84 Å². The van der Waals surface area contributed by atoms with Gasteiger partial charge in [-0.25, -0.2) is 0 Å². The first-order chi connectivity index (χ1) is 10.4. The smallest absolute Gasteiger partial charge is 0.305 e. The van der Waals surface area contributed by atoms with Crippen molar-refractivity contribution in [3.63, 3.8) is 0 Å². The topological polar surface area (TPSA) is 84.7 Å². The Labute approximate surface area is 129 Å². The lowest BCUT2D eigenvalue weighted by molar-refractivity contribution is -0.146. The molecule has 1 fully saturated rings. The summed E-state index contributed by atoms with van der Waals surface area (Å²) in [5.41, 5.74) is 3.10. The van der Waals surface area contributed by atoms with Gasteiger partial charge < -0.3 is 14.7 Å². The van der Waals surface area contributed by atoms with Crippen LogP contribution < -0.4 is 0 Å². The first kappa shape index (κ1) is 16.5. The van der Waals surface area contributed by atoms with Crippen LogP contribution in [0, 0.1) is 13.8 Å². The highest BCUT2D eigenvalue weighted by Gasteiger charge is 2.29. The maximum Gasteiger partial charge on any atom is 0.305 e. The lowest BCUT2D eigenvalue weighted by Gasteiger charge is -2.35. The van der Waals surface area contributed by atoms with E-state index in [0.717, 1.165) is 17.0 Å². The number of carbonyl (C=O) groups excluding carboxylic acids is 1. The number of aryl methyl sites for hydroxylation is 2. The van der Waals surface area contributed by atoms with E-state index in [1.165, 1.54) is 0 Å². The van der Waals surface area contributed by atoms with Crippen molar-refractivity contribution in [3.8, 4) is 0 Å². The Bertz CT molecular complexity index is 567. The first-order valence-electron chi connectivity index (χ1n) is 7.48. The average Bonchev–Trinajstić information content (AvgIpc) is 2.70. The largest absolute Gasteiger partial charge is 0.481 e. The predicted molar refractivity (Wildman–Crippen MR) is 79.6 cm³/mol. The molecule has 0 spiro atoms. The van der Waals surface area contributed by atoms with E-state index in [-0.39, 0.29) is 18.4 Å². The highest BCUT2D eigenvalue weighted by Crippen LogP contribution is 2.17. The van der Waals surface area contributed by atoms with Crippen LogP contribution in [-0.4, -0.2) is 57.5 Å². The molecule has 0 radical (unpaired) electrons. The number of ether oxygens (including phenoxy) is 1. The molecular formula is C15H23N3O4. The quantitative estimate of drug-likeness (QED) is 0.864. The van der Waals surface area contributed by atoms with E-state index >= 15 is 0 Å². The van der Waals surface area contributed by atoms with Crippen LogP contribution in [-0.2, 0) is 27.8 Å². The van der Waals surface area contributed by atoms with E-state index in [1.54, 1.807) is 4.90 Å². The minimum absolute atomic E-state index is 0.0165. The Morgan fingerprint density at radius 1 is 1.41 bits per heavy atom. The maximum atomic E-state index is 12.4. The summed E-state index contributed by atoms with van der Waals surface area (Å²) in [5.74, 6) is -0.926. The maximum absolute atomic E-state index is 12.4. The third-order valence-electron chi connectivity index (χ3n) is 4.21. The number of hydrogen-bond acceptors (Lipinski definition) is 4. The van der Waals surface area contributed by atoms with Gasteiger partial charge in [-0.05, 0) is 25.8 Å². The van der Waals surface area contributed by atoms with Gasteiger partial charge in [-0.2, -0.15) is 5.10 Å². The number of rotatable bonds is 5. The van der Waals surface area contributed by atoms with Crippen molar-refractivity contribution in [2.75, 3.05) is 19.8 Å². The molecule has 1 atom stereocenters. The van der Waals surface area contributed by atoms with Crippen LogP contribution in [0.2, 0.25) is 0 Å². The van der Waals surface area contributed by atoms with Crippen molar-refractivity contribution in [1.82, 2.24) is 14.7 Å². The second-order valence-electron chi connectivity index (χ2n) is 5.69. The summed E-state index contributed by atoms with van der Waals surface area (Å²) in [7, 11) is 1.89. The van der Waals surface area contributed by atoms with Crippen LogP contribution in [0.1, 0.15) is 29.8 Å². The van der Waals surface area contributed by atoms with Gasteiger partial charge in [0, 0.05) is 25.7 Å². The molecule has 2 rings (SSSR count). The van der Waals surface area contributed by atoms with Crippen LogP contribution in [0.3, 0.4) is 0 Å². The number of aliphatic carboxylic acids is 1. The number of carbonyl (C=O) groups is 2. The fraction of sp³-hybridized carbons (Fsp3) is 0.667. The molecule has 1 saturated heterocycles. The Balaban J connectivity index is 1.99. The molecule has 0 aliphatic carbocycles. The molecule has 7 nitrogen and oxygen atoms in total. The predicted octanol–water partition coefficient (Wildman–Crippen LogP) is 0.672. The number of carboxylic acids is 1. The van der Waals surface area contributed by atoms with Crippen molar-refractivity contribution >= 4 is 11.9 Å². The van der Waals surface area contributed by atoms with Gasteiger partial charge in [0.2, 0.25) is 5.91 Å². The summed E-state index contributed by atoms with van der Waals surface area (Å²) in [4.78, 5) is 25.0. The summed E-state index contributed by atoms with van der Waals surface area (Å²) in [6.45, 7) is 5.15. The molecule has 122 valence electrons. The van der Waals surface area contributed by atoms with E-state index in [9.17, 15) is 9.59 Å². The molecule has 1 unspecified atom stereocenters. The molecule has 7 heteroatoms. The van der Waals surface area contributed by atoms with Gasteiger partial charge in [0.25, 0.3) is 0 Å². The number of amides is 1. The number of nitrogens with zero attached hydrogens (tertiary/aromatic N) is 3. The van der Waals surface area contributed by atoms with Crippen molar-refractivity contribution in [1.29, 1.82) is 0 Å². The van der Waals surface area contributed by atoms with Gasteiger partial charge in [0.05, 0.1) is 31.4 Å². The fourth-order valence-corrected chi connectivity index (χ4v) is 2.91. The molecule has 1 aromatic rings. The molecule has 1 amide bonds. The molecule has 2 heterocycles. The van der Waals surface area contributed by atoms with Gasteiger partial charge in [-0.1, -0.05) is 0 Å². The Morgan fingerprint density at radius 2 is 2.14 bits per heavy atom. The van der Waals surface area contributed by atoms with E-state index < -0.39 is 5.97 Å². The highest BCUT2D eigenvalue weighted by molar-refractivity contribution is 5.78. The molecule has 1 aromatic heterocycles. The fourth-order valence-electron chi connectivity index (χ4n) is 2.91. The number of aromatic nitrogens is 2. The van der Waals surface area contributed by atoms with Crippen LogP contribution in [0.15, 0.2) is 0 Å². The molecule has 0 aromatic carbocycles. The van der Waals surface area contributed by atoms with E-state index in [0.29, 0.717) is 32.6 Å². The van der Waals surface area contributed by atoms with Crippen LogP contribution >= 0.6 is 0 Å². The summed E-state index contributed by atoms with van der Waals surface area (Å²) in [5, 5.41) is 13.3. The molecular weight excluding hydrogens is 286 g/mol. The minimum atomic E-state index is -0.910. The van der Waals surface area contributed by atoms with Gasteiger partial charge in [-0.3, -0.25) is 14.3 Å². The number of morpholine rings is 1. The normalized spacial score (nSPS) is 18.5. The molecule has 22 heavy (non-hydrogen) atoms. The molecule has 1 N–H and O–H groups in total. The van der Waals surface area contributed by atoms with Crippen molar-refractivity contribution < 1.29 is 19.4 Å². The second kappa shape index (κ2) is 6.91.